The predicted molar refractivity (Wildman–Crippen MR) is 166 cm³/mol. The van der Waals surface area contributed by atoms with Gasteiger partial charge in [0.2, 0.25) is 0 Å². The number of nitrogens with zero attached hydrogens (tertiary/aromatic N) is 6. The van der Waals surface area contributed by atoms with Crippen LogP contribution in [0.15, 0.2) is 95.9 Å². The molecular weight excluding hydrogens is 640 g/mol. The molecule has 7 aromatic rings. The van der Waals surface area contributed by atoms with Crippen LogP contribution in [0.1, 0.15) is 0 Å². The first kappa shape index (κ1) is 27.2. The zero-order valence-electron chi connectivity index (χ0n) is 22.8. The molecule has 3 aromatic heterocycles. The zero-order chi connectivity index (χ0) is 29.6. The van der Waals surface area contributed by atoms with Crippen LogP contribution >= 0.6 is 0 Å². The van der Waals surface area contributed by atoms with Gasteiger partial charge in [-0.3, -0.25) is 4.55 Å². The SMILES string of the molecule is O=S(=O)(O)c1cccc2c3nc4nc(nc5[nH]c(nc6nc(nc([nH]3)c12)-c1ccccc1-6)c1ccccc51)-c1ccccc1-4.[Cu+]. The molecule has 0 saturated carbocycles. The van der Waals surface area contributed by atoms with Gasteiger partial charge in [0.15, 0.2) is 23.3 Å². The van der Waals surface area contributed by atoms with Gasteiger partial charge < -0.3 is 9.97 Å². The summed E-state index contributed by atoms with van der Waals surface area (Å²) in [5, 5.41) is 2.36. The third kappa shape index (κ3) is 4.17. The largest absolute Gasteiger partial charge is 1.00 e. The van der Waals surface area contributed by atoms with Crippen molar-refractivity contribution in [2.75, 3.05) is 0 Å². The van der Waals surface area contributed by atoms with E-state index in [9.17, 15) is 13.0 Å². The number of fused-ring (bicyclic) bond motifs is 20. The van der Waals surface area contributed by atoms with Gasteiger partial charge in [0.05, 0.1) is 0 Å². The van der Waals surface area contributed by atoms with Crippen molar-refractivity contribution >= 4 is 54.3 Å². The smallest absolute Gasteiger partial charge is 0.324 e. The Hall–Kier alpha value is -5.33. The Bertz CT molecular complexity index is 2660. The molecule has 4 aromatic carbocycles. The Kier molecular flexibility index (Phi) is 5.96. The van der Waals surface area contributed by atoms with E-state index in [1.54, 1.807) is 12.1 Å². The standard InChI is InChI=1S/C32H18N8O3S.Cu/c41-44(42,43)23-15-7-14-22-24(23)32-39-30-21-13-6-5-12-20(21)28(37-30)35-26-17-9-2-1-8-16(17)25(33-26)34-27-18-10-3-4-11-19(18)29(36-27)38-31(22)40-32;/h1-15H,(H,41,42,43)(H2,33,34,35,36,37,38,39,40);/q;+1. The molecule has 0 aliphatic carbocycles. The summed E-state index contributed by atoms with van der Waals surface area (Å²) in [6.45, 7) is 0. The summed E-state index contributed by atoms with van der Waals surface area (Å²) in [6, 6.07) is 27.6. The maximum atomic E-state index is 12.5. The van der Waals surface area contributed by atoms with Crippen molar-refractivity contribution in [1.82, 2.24) is 39.9 Å². The molecule has 0 atom stereocenters. The number of aromatic nitrogens is 8. The molecule has 11 nitrogen and oxygen atoms in total. The monoisotopic (exact) mass is 657 g/mol. The van der Waals surface area contributed by atoms with Gasteiger partial charge in [-0.05, 0) is 6.07 Å². The Morgan fingerprint density at radius 3 is 1.31 bits per heavy atom. The third-order valence-electron chi connectivity index (χ3n) is 7.82. The summed E-state index contributed by atoms with van der Waals surface area (Å²) in [5.74, 6) is 1.60. The van der Waals surface area contributed by atoms with Crippen molar-refractivity contribution in [1.29, 1.82) is 0 Å². The van der Waals surface area contributed by atoms with Gasteiger partial charge in [-0.15, -0.1) is 0 Å². The van der Waals surface area contributed by atoms with E-state index in [-0.39, 0.29) is 33.0 Å². The van der Waals surface area contributed by atoms with Crippen LogP contribution in [0.4, 0.5) is 0 Å². The molecule has 2 aliphatic rings. The summed E-state index contributed by atoms with van der Waals surface area (Å²) in [4.78, 5) is 35.4. The molecule has 9 rings (SSSR count). The topological polar surface area (TPSA) is 163 Å². The summed E-state index contributed by atoms with van der Waals surface area (Å²) >= 11 is 0. The maximum Gasteiger partial charge on any atom is 1.00 e. The van der Waals surface area contributed by atoms with Crippen LogP contribution in [-0.2, 0) is 27.2 Å². The number of rotatable bonds is 1. The second-order valence-corrected chi connectivity index (χ2v) is 11.8. The quantitative estimate of drug-likeness (QED) is 0.139. The van der Waals surface area contributed by atoms with Crippen LogP contribution in [-0.4, -0.2) is 52.8 Å². The number of benzene rings is 4. The molecule has 3 N–H and O–H groups in total. The van der Waals surface area contributed by atoms with E-state index in [0.717, 1.165) is 33.0 Å². The molecule has 0 radical (unpaired) electrons. The number of hydrogen-bond acceptors (Lipinski definition) is 8. The average Bonchev–Trinajstić information content (AvgIpc) is 3.76. The van der Waals surface area contributed by atoms with E-state index < -0.39 is 10.1 Å². The fraction of sp³-hybridized carbons (Fsp3) is 0. The number of nitrogens with one attached hydrogen (secondary N) is 2. The van der Waals surface area contributed by atoms with Crippen molar-refractivity contribution < 1.29 is 30.0 Å². The number of aromatic amines is 2. The van der Waals surface area contributed by atoms with Crippen LogP contribution in [0.3, 0.4) is 0 Å². The zero-order valence-corrected chi connectivity index (χ0v) is 24.6. The van der Waals surface area contributed by atoms with E-state index in [1.807, 2.05) is 72.8 Å². The van der Waals surface area contributed by atoms with Gasteiger partial charge in [-0.2, -0.15) is 8.42 Å². The molecule has 0 amide bonds. The van der Waals surface area contributed by atoms with Crippen molar-refractivity contribution in [3.63, 3.8) is 0 Å². The molecule has 2 aliphatic heterocycles. The average molecular weight is 658 g/mol. The first-order valence-corrected chi connectivity index (χ1v) is 15.1. The molecule has 45 heavy (non-hydrogen) atoms. The maximum absolute atomic E-state index is 12.5. The van der Waals surface area contributed by atoms with E-state index in [2.05, 4.69) is 9.97 Å². The molecule has 220 valence electrons. The van der Waals surface area contributed by atoms with Crippen LogP contribution in [0, 0.1) is 0 Å². The number of H-pyrrole nitrogens is 2. The van der Waals surface area contributed by atoms with Crippen molar-refractivity contribution in [2.45, 2.75) is 4.90 Å². The fourth-order valence-electron chi connectivity index (χ4n) is 5.87. The van der Waals surface area contributed by atoms with E-state index in [4.69, 9.17) is 29.9 Å². The summed E-state index contributed by atoms with van der Waals surface area (Å²) < 4.78 is 35.2. The normalized spacial score (nSPS) is 12.1. The molecular formula is C32H18CuN8O3S+. The van der Waals surface area contributed by atoms with Crippen molar-refractivity contribution in [3.05, 3.63) is 91.0 Å². The van der Waals surface area contributed by atoms with Gasteiger partial charge in [-0.1, -0.05) is 84.9 Å². The van der Waals surface area contributed by atoms with Gasteiger partial charge in [-0.25, -0.2) is 29.9 Å². The predicted octanol–water partition coefficient (Wildman–Crippen LogP) is 6.11. The molecule has 8 bridgehead atoms. The number of hydrogen-bond donors (Lipinski definition) is 3. The Morgan fingerprint density at radius 2 is 0.844 bits per heavy atom. The van der Waals surface area contributed by atoms with Gasteiger partial charge >= 0.3 is 17.1 Å². The van der Waals surface area contributed by atoms with E-state index in [0.29, 0.717) is 45.6 Å². The summed E-state index contributed by atoms with van der Waals surface area (Å²) in [5.41, 5.74) is 4.68. The molecule has 0 saturated heterocycles. The molecule has 5 heterocycles. The Balaban J connectivity index is 0.00000300. The third-order valence-corrected chi connectivity index (χ3v) is 8.72. The molecule has 0 unspecified atom stereocenters. The minimum atomic E-state index is -4.62. The van der Waals surface area contributed by atoms with Crippen LogP contribution in [0.5, 0.6) is 0 Å². The summed E-state index contributed by atoms with van der Waals surface area (Å²) in [7, 11) is -4.62. The second kappa shape index (κ2) is 9.84. The van der Waals surface area contributed by atoms with Gasteiger partial charge in [0.25, 0.3) is 10.1 Å². The minimum absolute atomic E-state index is 0. The van der Waals surface area contributed by atoms with E-state index >= 15 is 0 Å². The van der Waals surface area contributed by atoms with Gasteiger partial charge in [0, 0.05) is 43.8 Å². The van der Waals surface area contributed by atoms with Crippen LogP contribution in [0.2, 0.25) is 0 Å². The Labute approximate surface area is 264 Å². The Morgan fingerprint density at radius 1 is 0.467 bits per heavy atom. The summed E-state index contributed by atoms with van der Waals surface area (Å²) in [6.07, 6.45) is 0. The van der Waals surface area contributed by atoms with Crippen LogP contribution in [0.25, 0.3) is 89.7 Å². The second-order valence-electron chi connectivity index (χ2n) is 10.4. The van der Waals surface area contributed by atoms with E-state index in [1.165, 1.54) is 6.07 Å². The van der Waals surface area contributed by atoms with Crippen molar-refractivity contribution in [3.8, 4) is 45.6 Å². The van der Waals surface area contributed by atoms with Crippen molar-refractivity contribution in [2.24, 2.45) is 0 Å². The van der Waals surface area contributed by atoms with Crippen LogP contribution < -0.4 is 0 Å². The molecule has 0 fully saturated rings. The molecule has 13 heteroatoms. The molecule has 0 spiro atoms. The minimum Gasteiger partial charge on any atom is -0.324 e. The van der Waals surface area contributed by atoms with Gasteiger partial charge in [0.1, 0.15) is 27.5 Å². The first-order chi connectivity index (χ1) is 21.4. The first-order valence-electron chi connectivity index (χ1n) is 13.6. The fourth-order valence-corrected chi connectivity index (χ4v) is 6.59.